The molecule has 0 unspecified atom stereocenters. The second kappa shape index (κ2) is 5.34. The Morgan fingerprint density at radius 2 is 2.12 bits per heavy atom. The van der Waals surface area contributed by atoms with E-state index in [1.165, 1.54) is 17.7 Å². The minimum atomic E-state index is -0.310. The predicted molar refractivity (Wildman–Crippen MR) is 67.7 cm³/mol. The van der Waals surface area contributed by atoms with E-state index >= 15 is 0 Å². The summed E-state index contributed by atoms with van der Waals surface area (Å²) >= 11 is 5.97. The van der Waals surface area contributed by atoms with Gasteiger partial charge >= 0.3 is 0 Å². The van der Waals surface area contributed by atoms with Crippen molar-refractivity contribution in [3.63, 3.8) is 0 Å². The average molecular weight is 253 g/mol. The molecule has 0 bridgehead atoms. The lowest BCUT2D eigenvalue weighted by Crippen LogP contribution is -2.02. The number of halogens is 2. The molecule has 0 aliphatic heterocycles. The van der Waals surface area contributed by atoms with Crippen molar-refractivity contribution in [2.45, 2.75) is 13.0 Å². The molecular formula is C13H14ClFN2. The predicted octanol–water partition coefficient (Wildman–Crippen LogP) is 2.83. The quantitative estimate of drug-likeness (QED) is 0.891. The van der Waals surface area contributed by atoms with E-state index in [9.17, 15) is 4.39 Å². The third-order valence-electron chi connectivity index (χ3n) is 2.61. The molecule has 2 nitrogen and oxygen atoms in total. The monoisotopic (exact) mass is 252 g/mol. The van der Waals surface area contributed by atoms with Crippen LogP contribution in [0.25, 0.3) is 0 Å². The van der Waals surface area contributed by atoms with Gasteiger partial charge in [0.05, 0.1) is 0 Å². The SMILES string of the molecule is NCCc1ccn(Cc2ccc(F)cc2Cl)c1. The Hall–Kier alpha value is -1.32. The molecule has 0 radical (unpaired) electrons. The van der Waals surface area contributed by atoms with Crippen molar-refractivity contribution in [3.05, 3.63) is 58.6 Å². The van der Waals surface area contributed by atoms with Crippen molar-refractivity contribution in [3.8, 4) is 0 Å². The van der Waals surface area contributed by atoms with Crippen LogP contribution in [0, 0.1) is 5.82 Å². The van der Waals surface area contributed by atoms with E-state index in [0.717, 1.165) is 12.0 Å². The Morgan fingerprint density at radius 3 is 2.82 bits per heavy atom. The van der Waals surface area contributed by atoms with Gasteiger partial charge in [-0.3, -0.25) is 0 Å². The fourth-order valence-corrected chi connectivity index (χ4v) is 1.98. The van der Waals surface area contributed by atoms with Crippen LogP contribution < -0.4 is 5.73 Å². The Balaban J connectivity index is 2.13. The van der Waals surface area contributed by atoms with Crippen molar-refractivity contribution in [1.82, 2.24) is 4.57 Å². The summed E-state index contributed by atoms with van der Waals surface area (Å²) in [7, 11) is 0. The van der Waals surface area contributed by atoms with Crippen molar-refractivity contribution in [1.29, 1.82) is 0 Å². The molecule has 0 aliphatic rings. The summed E-state index contributed by atoms with van der Waals surface area (Å²) in [5.41, 5.74) is 7.60. The lowest BCUT2D eigenvalue weighted by Gasteiger charge is -2.05. The summed E-state index contributed by atoms with van der Waals surface area (Å²) in [6, 6.07) is 6.50. The van der Waals surface area contributed by atoms with Gasteiger partial charge in [-0.25, -0.2) is 4.39 Å². The number of benzene rings is 1. The molecule has 0 amide bonds. The Morgan fingerprint density at radius 1 is 1.29 bits per heavy atom. The van der Waals surface area contributed by atoms with E-state index in [1.807, 2.05) is 23.0 Å². The smallest absolute Gasteiger partial charge is 0.124 e. The molecule has 0 spiro atoms. The van der Waals surface area contributed by atoms with Crippen LogP contribution in [0.1, 0.15) is 11.1 Å². The lowest BCUT2D eigenvalue weighted by molar-refractivity contribution is 0.626. The highest BCUT2D eigenvalue weighted by atomic mass is 35.5. The maximum absolute atomic E-state index is 12.9. The molecule has 0 saturated carbocycles. The first-order valence-corrected chi connectivity index (χ1v) is 5.85. The molecule has 17 heavy (non-hydrogen) atoms. The van der Waals surface area contributed by atoms with Gasteiger partial charge in [0.25, 0.3) is 0 Å². The molecule has 90 valence electrons. The second-order valence-corrected chi connectivity index (χ2v) is 4.37. The van der Waals surface area contributed by atoms with Crippen LogP contribution in [0.2, 0.25) is 5.02 Å². The number of hydrogen-bond donors (Lipinski definition) is 1. The number of nitrogens with zero attached hydrogens (tertiary/aromatic N) is 1. The van der Waals surface area contributed by atoms with Crippen LogP contribution in [0.4, 0.5) is 4.39 Å². The van der Waals surface area contributed by atoms with Gasteiger partial charge in [0.2, 0.25) is 0 Å². The van der Waals surface area contributed by atoms with E-state index in [4.69, 9.17) is 17.3 Å². The number of aromatic nitrogens is 1. The van der Waals surface area contributed by atoms with Crippen molar-refractivity contribution >= 4 is 11.6 Å². The minimum absolute atomic E-state index is 0.310. The van der Waals surface area contributed by atoms with E-state index in [-0.39, 0.29) is 5.82 Å². The highest BCUT2D eigenvalue weighted by molar-refractivity contribution is 6.31. The zero-order valence-corrected chi connectivity index (χ0v) is 10.1. The van der Waals surface area contributed by atoms with Gasteiger partial charge in [0.1, 0.15) is 5.82 Å². The van der Waals surface area contributed by atoms with Crippen molar-refractivity contribution in [2.24, 2.45) is 5.73 Å². The fraction of sp³-hybridized carbons (Fsp3) is 0.231. The largest absolute Gasteiger partial charge is 0.350 e. The molecular weight excluding hydrogens is 239 g/mol. The molecule has 2 N–H and O–H groups in total. The first-order valence-electron chi connectivity index (χ1n) is 5.47. The molecule has 2 rings (SSSR count). The summed E-state index contributed by atoms with van der Waals surface area (Å²) in [4.78, 5) is 0. The zero-order valence-electron chi connectivity index (χ0n) is 9.37. The maximum atomic E-state index is 12.9. The summed E-state index contributed by atoms with van der Waals surface area (Å²) in [5.74, 6) is -0.310. The van der Waals surface area contributed by atoms with Gasteiger partial charge in [0, 0.05) is 24.0 Å². The highest BCUT2D eigenvalue weighted by Crippen LogP contribution is 2.18. The molecule has 0 saturated heterocycles. The molecule has 2 aromatic rings. The zero-order chi connectivity index (χ0) is 12.3. The van der Waals surface area contributed by atoms with Crippen LogP contribution in [-0.4, -0.2) is 11.1 Å². The normalized spacial score (nSPS) is 10.8. The molecule has 4 heteroatoms. The molecule has 0 fully saturated rings. The van der Waals surface area contributed by atoms with Crippen molar-refractivity contribution in [2.75, 3.05) is 6.54 Å². The Bertz CT molecular complexity index is 508. The summed E-state index contributed by atoms with van der Waals surface area (Å²) in [6.45, 7) is 1.28. The molecule has 1 aromatic heterocycles. The van der Waals surface area contributed by atoms with Crippen LogP contribution in [0.15, 0.2) is 36.7 Å². The summed E-state index contributed by atoms with van der Waals surface area (Å²) in [5, 5.41) is 0.457. The standard InChI is InChI=1S/C13H14ClFN2/c14-13-7-12(15)2-1-11(13)9-17-6-4-10(8-17)3-5-16/h1-2,4,6-8H,3,5,9,16H2. The molecule has 1 heterocycles. The average Bonchev–Trinajstić information content (AvgIpc) is 2.71. The first-order chi connectivity index (χ1) is 8.19. The number of hydrogen-bond acceptors (Lipinski definition) is 1. The van der Waals surface area contributed by atoms with E-state index in [2.05, 4.69) is 0 Å². The maximum Gasteiger partial charge on any atom is 0.124 e. The van der Waals surface area contributed by atoms with Gasteiger partial charge in [-0.2, -0.15) is 0 Å². The molecule has 1 aromatic carbocycles. The van der Waals surface area contributed by atoms with Crippen LogP contribution >= 0.6 is 11.6 Å². The molecule has 0 atom stereocenters. The summed E-state index contributed by atoms with van der Waals surface area (Å²) in [6.07, 6.45) is 4.88. The van der Waals surface area contributed by atoms with Gasteiger partial charge in [-0.05, 0) is 42.3 Å². The Kier molecular flexibility index (Phi) is 3.82. The topological polar surface area (TPSA) is 30.9 Å². The van der Waals surface area contributed by atoms with Crippen LogP contribution in [0.5, 0.6) is 0 Å². The van der Waals surface area contributed by atoms with Gasteiger partial charge in [-0.1, -0.05) is 17.7 Å². The Labute approximate surface area is 105 Å². The number of rotatable bonds is 4. The van der Waals surface area contributed by atoms with Crippen molar-refractivity contribution < 1.29 is 4.39 Å². The highest BCUT2D eigenvalue weighted by Gasteiger charge is 2.03. The first kappa shape index (κ1) is 12.1. The van der Waals surface area contributed by atoms with Gasteiger partial charge < -0.3 is 10.3 Å². The number of nitrogens with two attached hydrogens (primary N) is 1. The second-order valence-electron chi connectivity index (χ2n) is 3.97. The molecule has 0 aliphatic carbocycles. The van der Waals surface area contributed by atoms with E-state index in [0.29, 0.717) is 18.1 Å². The fourth-order valence-electron chi connectivity index (χ4n) is 1.75. The van der Waals surface area contributed by atoms with Crippen LogP contribution in [0.3, 0.4) is 0 Å². The summed E-state index contributed by atoms with van der Waals surface area (Å²) < 4.78 is 14.9. The van der Waals surface area contributed by atoms with Gasteiger partial charge in [0.15, 0.2) is 0 Å². The van der Waals surface area contributed by atoms with E-state index in [1.54, 1.807) is 6.07 Å². The third-order valence-corrected chi connectivity index (χ3v) is 2.96. The third kappa shape index (κ3) is 3.08. The van der Waals surface area contributed by atoms with E-state index < -0.39 is 0 Å². The lowest BCUT2D eigenvalue weighted by atomic mass is 10.2. The van der Waals surface area contributed by atoms with Gasteiger partial charge in [-0.15, -0.1) is 0 Å². The minimum Gasteiger partial charge on any atom is -0.350 e. The van der Waals surface area contributed by atoms with Crippen LogP contribution in [-0.2, 0) is 13.0 Å².